The van der Waals surface area contributed by atoms with Crippen LogP contribution in [0.3, 0.4) is 0 Å². The molecule has 25 heavy (non-hydrogen) atoms. The monoisotopic (exact) mass is 386 g/mol. The first-order chi connectivity index (χ1) is 11.6. The topological polar surface area (TPSA) is 50.4 Å². The van der Waals surface area contributed by atoms with Crippen LogP contribution < -0.4 is 10.6 Å². The van der Waals surface area contributed by atoms with E-state index in [4.69, 9.17) is 16.3 Å². The van der Waals surface area contributed by atoms with Gasteiger partial charge in [0.05, 0.1) is 0 Å². The lowest BCUT2D eigenvalue weighted by Crippen LogP contribution is -2.48. The number of hydrogen-bond donors (Lipinski definition) is 2. The summed E-state index contributed by atoms with van der Waals surface area (Å²) in [5.74, 6) is 0.297. The van der Waals surface area contributed by atoms with E-state index in [1.807, 2.05) is 18.2 Å². The van der Waals surface area contributed by atoms with Crippen molar-refractivity contribution < 1.29 is 9.53 Å². The highest BCUT2D eigenvalue weighted by atomic mass is 35.5. The molecule has 2 fully saturated rings. The molecule has 6 heteroatoms. The molecule has 1 aromatic carbocycles. The molecular formula is C19H28Cl2N2O2. The summed E-state index contributed by atoms with van der Waals surface area (Å²) >= 11 is 6.47. The van der Waals surface area contributed by atoms with E-state index in [-0.39, 0.29) is 29.6 Å². The highest BCUT2D eigenvalue weighted by Gasteiger charge is 2.37. The van der Waals surface area contributed by atoms with E-state index in [0.717, 1.165) is 42.8 Å². The molecule has 2 aliphatic heterocycles. The number of carbonyl (C=O) groups excluding carboxylic acids is 1. The maximum atomic E-state index is 12.6. The van der Waals surface area contributed by atoms with Gasteiger partial charge in [-0.1, -0.05) is 29.8 Å². The first-order valence-corrected chi connectivity index (χ1v) is 9.32. The summed E-state index contributed by atoms with van der Waals surface area (Å²) in [5, 5.41) is 7.41. The molecule has 3 rings (SSSR count). The molecule has 1 aromatic rings. The molecule has 0 unspecified atom stereocenters. The van der Waals surface area contributed by atoms with Crippen LogP contribution in [0, 0.1) is 5.92 Å². The van der Waals surface area contributed by atoms with E-state index < -0.39 is 0 Å². The van der Waals surface area contributed by atoms with Crippen molar-refractivity contribution in [3.05, 3.63) is 34.9 Å². The van der Waals surface area contributed by atoms with Gasteiger partial charge in [0.1, 0.15) is 0 Å². The quantitative estimate of drug-likeness (QED) is 0.834. The molecule has 2 atom stereocenters. The normalized spacial score (nSPS) is 25.7. The van der Waals surface area contributed by atoms with E-state index >= 15 is 0 Å². The van der Waals surface area contributed by atoms with Crippen molar-refractivity contribution in [2.24, 2.45) is 5.92 Å². The van der Waals surface area contributed by atoms with E-state index in [0.29, 0.717) is 25.8 Å². The van der Waals surface area contributed by atoms with Crippen LogP contribution in [0.5, 0.6) is 0 Å². The summed E-state index contributed by atoms with van der Waals surface area (Å²) in [6.07, 6.45) is 3.60. The van der Waals surface area contributed by atoms with Gasteiger partial charge in [-0.25, -0.2) is 0 Å². The van der Waals surface area contributed by atoms with Crippen molar-refractivity contribution in [1.29, 1.82) is 0 Å². The summed E-state index contributed by atoms with van der Waals surface area (Å²) in [6, 6.07) is 8.41. The Balaban J connectivity index is 0.00000225. The van der Waals surface area contributed by atoms with Crippen LogP contribution in [-0.4, -0.2) is 38.3 Å². The highest BCUT2D eigenvalue weighted by molar-refractivity contribution is 6.31. The van der Waals surface area contributed by atoms with Crippen molar-refractivity contribution in [2.45, 2.75) is 44.1 Å². The van der Waals surface area contributed by atoms with Crippen molar-refractivity contribution in [1.82, 2.24) is 10.6 Å². The Morgan fingerprint density at radius 2 is 2.08 bits per heavy atom. The molecule has 2 heterocycles. The van der Waals surface area contributed by atoms with Gasteiger partial charge in [-0.3, -0.25) is 4.79 Å². The Morgan fingerprint density at radius 1 is 1.36 bits per heavy atom. The smallest absolute Gasteiger partial charge is 0.223 e. The SMILES string of the molecule is C[C@H]1C[C@@H](C(=O)NCC2(c3ccccc3Cl)CCOCC2)CCN1.Cl. The van der Waals surface area contributed by atoms with Gasteiger partial charge < -0.3 is 15.4 Å². The molecule has 0 aromatic heterocycles. The summed E-state index contributed by atoms with van der Waals surface area (Å²) in [5.41, 5.74) is 1.01. The molecule has 2 aliphatic rings. The second kappa shape index (κ2) is 9.22. The van der Waals surface area contributed by atoms with Crippen molar-refractivity contribution in [3.8, 4) is 0 Å². The van der Waals surface area contributed by atoms with Crippen LogP contribution >= 0.6 is 24.0 Å². The van der Waals surface area contributed by atoms with Gasteiger partial charge in [0.15, 0.2) is 0 Å². The molecule has 0 saturated carbocycles. The van der Waals surface area contributed by atoms with Crippen LogP contribution in [0.4, 0.5) is 0 Å². The van der Waals surface area contributed by atoms with Crippen molar-refractivity contribution in [3.63, 3.8) is 0 Å². The van der Waals surface area contributed by atoms with Gasteiger partial charge in [0, 0.05) is 42.2 Å². The second-order valence-electron chi connectivity index (χ2n) is 7.17. The number of amides is 1. The predicted molar refractivity (Wildman–Crippen MR) is 104 cm³/mol. The number of piperidine rings is 1. The standard InChI is InChI=1S/C19H27ClN2O2.ClH/c1-14-12-15(6-9-21-14)18(23)22-13-19(7-10-24-11-8-19)16-4-2-3-5-17(16)20;/h2-5,14-15,21H,6-13H2,1H3,(H,22,23);1H/t14-,15-;/m0./s1. The van der Waals surface area contributed by atoms with Gasteiger partial charge in [0.25, 0.3) is 0 Å². The van der Waals surface area contributed by atoms with Crippen molar-refractivity contribution >= 4 is 29.9 Å². The van der Waals surface area contributed by atoms with Gasteiger partial charge >= 0.3 is 0 Å². The maximum absolute atomic E-state index is 12.6. The molecule has 140 valence electrons. The van der Waals surface area contributed by atoms with Gasteiger partial charge in [-0.15, -0.1) is 12.4 Å². The molecule has 1 amide bonds. The van der Waals surface area contributed by atoms with Crippen LogP contribution in [0.15, 0.2) is 24.3 Å². The fourth-order valence-corrected chi connectivity index (χ4v) is 4.30. The zero-order valence-corrected chi connectivity index (χ0v) is 16.3. The van der Waals surface area contributed by atoms with Gasteiger partial charge in [-0.05, 0) is 50.8 Å². The number of carbonyl (C=O) groups is 1. The number of hydrogen-bond acceptors (Lipinski definition) is 3. The third-order valence-electron chi connectivity index (χ3n) is 5.49. The average molecular weight is 387 g/mol. The van der Waals surface area contributed by atoms with Crippen LogP contribution in [-0.2, 0) is 14.9 Å². The first-order valence-electron chi connectivity index (χ1n) is 8.95. The third kappa shape index (κ3) is 4.88. The van der Waals surface area contributed by atoms with Gasteiger partial charge in [-0.2, -0.15) is 0 Å². The molecular weight excluding hydrogens is 359 g/mol. The molecule has 4 nitrogen and oxygen atoms in total. The van der Waals surface area contributed by atoms with Crippen LogP contribution in [0.2, 0.25) is 5.02 Å². The van der Waals surface area contributed by atoms with E-state index in [9.17, 15) is 4.79 Å². The molecule has 0 bridgehead atoms. The summed E-state index contributed by atoms with van der Waals surface area (Å²) < 4.78 is 5.56. The lowest BCUT2D eigenvalue weighted by Gasteiger charge is -2.39. The van der Waals surface area contributed by atoms with E-state index in [2.05, 4.69) is 23.6 Å². The summed E-state index contributed by atoms with van der Waals surface area (Å²) in [4.78, 5) is 12.6. The number of benzene rings is 1. The minimum absolute atomic E-state index is 0. The number of halogens is 2. The molecule has 0 spiro atoms. The Hall–Kier alpha value is -0.810. The zero-order chi connectivity index (χ0) is 17.0. The number of nitrogens with one attached hydrogen (secondary N) is 2. The first kappa shape index (κ1) is 20.5. The maximum Gasteiger partial charge on any atom is 0.223 e. The fourth-order valence-electron chi connectivity index (χ4n) is 3.97. The lowest BCUT2D eigenvalue weighted by atomic mass is 9.74. The second-order valence-corrected chi connectivity index (χ2v) is 7.57. The molecule has 0 aliphatic carbocycles. The molecule has 2 saturated heterocycles. The number of rotatable bonds is 4. The lowest BCUT2D eigenvalue weighted by molar-refractivity contribution is -0.126. The average Bonchev–Trinajstić information content (AvgIpc) is 2.61. The number of ether oxygens (including phenoxy) is 1. The van der Waals surface area contributed by atoms with Crippen LogP contribution in [0.1, 0.15) is 38.2 Å². The Morgan fingerprint density at radius 3 is 2.76 bits per heavy atom. The third-order valence-corrected chi connectivity index (χ3v) is 5.82. The molecule has 0 radical (unpaired) electrons. The largest absolute Gasteiger partial charge is 0.381 e. The van der Waals surface area contributed by atoms with Crippen molar-refractivity contribution in [2.75, 3.05) is 26.3 Å². The van der Waals surface area contributed by atoms with E-state index in [1.165, 1.54) is 0 Å². The predicted octanol–water partition coefficient (Wildman–Crippen LogP) is 3.31. The Labute approximate surface area is 161 Å². The van der Waals surface area contributed by atoms with E-state index in [1.54, 1.807) is 0 Å². The molecule has 2 N–H and O–H groups in total. The van der Waals surface area contributed by atoms with Crippen LogP contribution in [0.25, 0.3) is 0 Å². The summed E-state index contributed by atoms with van der Waals surface area (Å²) in [6.45, 7) is 5.13. The van der Waals surface area contributed by atoms with Gasteiger partial charge in [0.2, 0.25) is 5.91 Å². The minimum atomic E-state index is -0.120. The Bertz CT molecular complexity index is 576. The zero-order valence-electron chi connectivity index (χ0n) is 14.7. The fraction of sp³-hybridized carbons (Fsp3) is 0.632. The minimum Gasteiger partial charge on any atom is -0.381 e. The summed E-state index contributed by atoms with van der Waals surface area (Å²) in [7, 11) is 0. The Kier molecular flexibility index (Phi) is 7.56. The highest BCUT2D eigenvalue weighted by Crippen LogP contribution is 2.38.